The van der Waals surface area contributed by atoms with E-state index in [0.717, 1.165) is 46.7 Å². The van der Waals surface area contributed by atoms with Crippen molar-refractivity contribution in [2.24, 2.45) is 28.6 Å². The largest absolute Gasteiger partial charge is 0.447 e. The maximum atomic E-state index is 14.4. The molecule has 3 aliphatic carbocycles. The molecule has 0 amide bonds. The third-order valence-corrected chi connectivity index (χ3v) is 13.3. The fourth-order valence-corrected chi connectivity index (χ4v) is 10.2. The second-order valence-electron chi connectivity index (χ2n) is 12.9. The van der Waals surface area contributed by atoms with Gasteiger partial charge >= 0.3 is 5.97 Å². The average molecular weight is 603 g/mol. The van der Waals surface area contributed by atoms with E-state index in [4.69, 9.17) is 9.72 Å². The Labute approximate surface area is 255 Å². The molecular formula is C34H38N2O4S2. The summed E-state index contributed by atoms with van der Waals surface area (Å²) in [5, 5.41) is 0. The molecule has 2 saturated carbocycles. The van der Waals surface area contributed by atoms with E-state index in [1.54, 1.807) is 35.9 Å². The molecule has 42 heavy (non-hydrogen) atoms. The highest BCUT2D eigenvalue weighted by Crippen LogP contribution is 2.64. The van der Waals surface area contributed by atoms with E-state index in [9.17, 15) is 14.4 Å². The van der Waals surface area contributed by atoms with Crippen molar-refractivity contribution >= 4 is 50.9 Å². The molecule has 2 aromatic heterocycles. The van der Waals surface area contributed by atoms with E-state index in [1.807, 2.05) is 37.3 Å². The van der Waals surface area contributed by atoms with Crippen LogP contribution in [0.25, 0.3) is 10.2 Å². The molecule has 5 unspecified atom stereocenters. The summed E-state index contributed by atoms with van der Waals surface area (Å²) in [5.74, 6) is 0.792. The average Bonchev–Trinajstić information content (AvgIpc) is 3.41. The Bertz CT molecular complexity index is 1530. The second-order valence-corrected chi connectivity index (χ2v) is 15.2. The monoisotopic (exact) mass is 602 g/mol. The maximum absolute atomic E-state index is 14.4. The predicted octanol–water partition coefficient (Wildman–Crippen LogP) is 7.73. The summed E-state index contributed by atoms with van der Waals surface area (Å²) in [5.41, 5.74) is 0.742. The van der Waals surface area contributed by atoms with Crippen LogP contribution in [0.5, 0.6) is 0 Å². The molecule has 6 atom stereocenters. The van der Waals surface area contributed by atoms with E-state index in [0.29, 0.717) is 23.8 Å². The molecule has 0 saturated heterocycles. The van der Waals surface area contributed by atoms with Crippen molar-refractivity contribution < 1.29 is 19.1 Å². The molecule has 8 heteroatoms. The normalized spacial score (nSPS) is 30.5. The van der Waals surface area contributed by atoms with Crippen LogP contribution in [0.1, 0.15) is 76.6 Å². The minimum atomic E-state index is -1.33. The van der Waals surface area contributed by atoms with Gasteiger partial charge in [-0.3, -0.25) is 14.6 Å². The number of ether oxygens (including phenoxy) is 1. The van der Waals surface area contributed by atoms with Gasteiger partial charge in [0, 0.05) is 24.2 Å². The van der Waals surface area contributed by atoms with Crippen LogP contribution in [-0.2, 0) is 14.3 Å². The van der Waals surface area contributed by atoms with Crippen LogP contribution in [-0.4, -0.2) is 38.9 Å². The summed E-state index contributed by atoms with van der Waals surface area (Å²) in [6, 6.07) is 11.2. The number of nitrogens with zero attached hydrogens (tertiary/aromatic N) is 2. The van der Waals surface area contributed by atoms with E-state index < -0.39 is 17.0 Å². The number of para-hydroxylation sites is 1. The van der Waals surface area contributed by atoms with Crippen molar-refractivity contribution in [1.29, 1.82) is 0 Å². The molecule has 6 rings (SSSR count). The number of ketones is 2. The summed E-state index contributed by atoms with van der Waals surface area (Å²) in [4.78, 5) is 48.9. The number of benzene rings is 1. The molecule has 1 aromatic carbocycles. The first-order valence-electron chi connectivity index (χ1n) is 14.9. The third-order valence-electron chi connectivity index (χ3n) is 11.1. The van der Waals surface area contributed by atoms with E-state index in [-0.39, 0.29) is 28.7 Å². The molecule has 220 valence electrons. The molecule has 3 aromatic rings. The van der Waals surface area contributed by atoms with Crippen LogP contribution in [0.4, 0.5) is 0 Å². The van der Waals surface area contributed by atoms with Crippen LogP contribution >= 0.6 is 23.1 Å². The Hall–Kier alpha value is -2.84. The topological polar surface area (TPSA) is 86.2 Å². The summed E-state index contributed by atoms with van der Waals surface area (Å²) >= 11 is 3.00. The lowest BCUT2D eigenvalue weighted by molar-refractivity contribution is -0.172. The molecule has 0 spiro atoms. The Morgan fingerprint density at radius 1 is 1.10 bits per heavy atom. The van der Waals surface area contributed by atoms with Gasteiger partial charge in [-0.25, -0.2) is 9.78 Å². The van der Waals surface area contributed by atoms with E-state index in [1.165, 1.54) is 17.3 Å². The Morgan fingerprint density at radius 3 is 2.62 bits per heavy atom. The molecule has 0 N–H and O–H groups in total. The smallest absolute Gasteiger partial charge is 0.339 e. The first-order chi connectivity index (χ1) is 20.0. The zero-order valence-corrected chi connectivity index (χ0v) is 26.4. The van der Waals surface area contributed by atoms with Crippen LogP contribution in [0, 0.1) is 28.6 Å². The maximum Gasteiger partial charge on any atom is 0.339 e. The number of hydrogen-bond donors (Lipinski definition) is 0. The van der Waals surface area contributed by atoms with Gasteiger partial charge in [-0.05, 0) is 92.5 Å². The molecule has 0 aliphatic heterocycles. The van der Waals surface area contributed by atoms with Crippen molar-refractivity contribution in [3.05, 3.63) is 66.0 Å². The minimum Gasteiger partial charge on any atom is -0.447 e. The fraction of sp³-hybridized carbons (Fsp3) is 0.500. The zero-order valence-electron chi connectivity index (χ0n) is 24.7. The minimum absolute atomic E-state index is 0.0171. The highest BCUT2D eigenvalue weighted by Gasteiger charge is 2.62. The summed E-state index contributed by atoms with van der Waals surface area (Å²) in [6.07, 6.45) is 10.2. The number of pyridine rings is 1. The van der Waals surface area contributed by atoms with Gasteiger partial charge in [-0.15, -0.1) is 11.3 Å². The van der Waals surface area contributed by atoms with Gasteiger partial charge in [-0.2, -0.15) is 0 Å². The number of fused-ring (bicyclic) bond motifs is 4. The lowest BCUT2D eigenvalue weighted by Gasteiger charge is -2.61. The molecule has 6 nitrogen and oxygen atoms in total. The number of Topliss-reactive ketones (excluding diaryl/α,β-unsaturated/α-hetero) is 1. The quantitative estimate of drug-likeness (QED) is 0.202. The highest BCUT2D eigenvalue weighted by molar-refractivity contribution is 8.01. The van der Waals surface area contributed by atoms with Gasteiger partial charge in [-0.1, -0.05) is 50.2 Å². The first-order valence-corrected chi connectivity index (χ1v) is 16.7. The number of thioether (sulfide) groups is 1. The number of rotatable bonds is 7. The highest BCUT2D eigenvalue weighted by atomic mass is 32.2. The van der Waals surface area contributed by atoms with Crippen molar-refractivity contribution in [3.63, 3.8) is 0 Å². The Balaban J connectivity index is 1.31. The zero-order chi connectivity index (χ0) is 29.7. The van der Waals surface area contributed by atoms with Crippen molar-refractivity contribution in [2.75, 3.05) is 5.75 Å². The van der Waals surface area contributed by atoms with Crippen LogP contribution in [0.2, 0.25) is 0 Å². The molecular weight excluding hydrogens is 565 g/mol. The van der Waals surface area contributed by atoms with Gasteiger partial charge in [0.1, 0.15) is 0 Å². The second kappa shape index (κ2) is 11.0. The standard InChI is InChI=1S/C34H38N2O4S2/c1-21-25-10-9-23-19-24(37)11-15-32(23,2)26(25)12-16-33(21,3)34(4,40-30(39)22-13-17-35-18-14-22)29(38)20-41-31-36-27-7-5-6-8-28(27)42-31/h5-8,13-14,17-19,21,25-26H,9-12,15-16,20H2,1-4H3/t21?,25?,26?,32?,33?,34-/m0/s1. The molecule has 0 bridgehead atoms. The lowest BCUT2D eigenvalue weighted by atomic mass is 9.45. The Kier molecular flexibility index (Phi) is 7.67. The molecule has 2 heterocycles. The number of thiazole rings is 1. The van der Waals surface area contributed by atoms with Crippen molar-refractivity contribution in [1.82, 2.24) is 9.97 Å². The number of carbonyl (C=O) groups is 3. The molecule has 2 fully saturated rings. The summed E-state index contributed by atoms with van der Waals surface area (Å²) in [6.45, 7) is 8.61. The van der Waals surface area contributed by atoms with Gasteiger partial charge in [0.15, 0.2) is 21.5 Å². The van der Waals surface area contributed by atoms with Gasteiger partial charge < -0.3 is 4.74 Å². The van der Waals surface area contributed by atoms with Gasteiger partial charge in [0.2, 0.25) is 0 Å². The summed E-state index contributed by atoms with van der Waals surface area (Å²) in [7, 11) is 0. The fourth-order valence-electron chi connectivity index (χ4n) is 8.11. The number of carbonyl (C=O) groups excluding carboxylic acids is 3. The SMILES string of the molecule is CC1C2CCC3=CC(=O)CCC3(C)C2CCC1(C)[C@@](C)(OC(=O)c1ccncc1)C(=O)CSc1nc2ccccc2s1. The van der Waals surface area contributed by atoms with Crippen LogP contribution in [0.3, 0.4) is 0 Å². The van der Waals surface area contributed by atoms with Crippen LogP contribution in [0.15, 0.2) is 64.8 Å². The lowest BCUT2D eigenvalue weighted by Crippen LogP contribution is -2.62. The van der Waals surface area contributed by atoms with Crippen LogP contribution < -0.4 is 0 Å². The predicted molar refractivity (Wildman–Crippen MR) is 167 cm³/mol. The number of aromatic nitrogens is 2. The Morgan fingerprint density at radius 2 is 1.86 bits per heavy atom. The first kappa shape index (κ1) is 29.2. The van der Waals surface area contributed by atoms with Gasteiger partial charge in [0.25, 0.3) is 0 Å². The van der Waals surface area contributed by atoms with Gasteiger partial charge in [0.05, 0.1) is 21.5 Å². The number of esters is 1. The van der Waals surface area contributed by atoms with Crippen molar-refractivity contribution in [3.8, 4) is 0 Å². The summed E-state index contributed by atoms with van der Waals surface area (Å²) < 4.78 is 8.29. The van der Waals surface area contributed by atoms with Crippen molar-refractivity contribution in [2.45, 2.75) is 76.2 Å². The molecule has 3 aliphatic rings. The number of hydrogen-bond acceptors (Lipinski definition) is 8. The van der Waals surface area contributed by atoms with E-state index in [2.05, 4.69) is 25.8 Å². The van der Waals surface area contributed by atoms with E-state index >= 15 is 0 Å². The molecule has 0 radical (unpaired) electrons. The third kappa shape index (κ3) is 4.84. The number of allylic oxidation sites excluding steroid dienone is 2.